The first-order chi connectivity index (χ1) is 5.65. The van der Waals surface area contributed by atoms with Crippen molar-refractivity contribution in [3.8, 4) is 0 Å². The van der Waals surface area contributed by atoms with E-state index in [2.05, 4.69) is 4.98 Å². The van der Waals surface area contributed by atoms with Crippen molar-refractivity contribution in [2.24, 2.45) is 5.92 Å². The number of aromatic nitrogens is 1. The summed E-state index contributed by atoms with van der Waals surface area (Å²) in [5.74, 6) is 0.355. The molecule has 1 atom stereocenters. The van der Waals surface area contributed by atoms with E-state index in [-0.39, 0.29) is 11.7 Å². The summed E-state index contributed by atoms with van der Waals surface area (Å²) in [6, 6.07) is 0. The summed E-state index contributed by atoms with van der Waals surface area (Å²) in [4.78, 5) is 16.4. The van der Waals surface area contributed by atoms with Crippen molar-refractivity contribution in [3.05, 3.63) is 16.1 Å². The molecule has 1 heterocycles. The van der Waals surface area contributed by atoms with Gasteiger partial charge in [-0.25, -0.2) is 4.98 Å². The highest BCUT2D eigenvalue weighted by molar-refractivity contribution is 7.13. The second kappa shape index (κ2) is 3.81. The van der Waals surface area contributed by atoms with E-state index in [1.165, 1.54) is 11.3 Å². The first-order valence-electron chi connectivity index (χ1n) is 4.11. The lowest BCUT2D eigenvalue weighted by molar-refractivity contribution is 0.0931. The van der Waals surface area contributed by atoms with Crippen LogP contribution in [0.5, 0.6) is 0 Å². The molecule has 3 heteroatoms. The number of nitrogens with zero attached hydrogens (tertiary/aromatic N) is 1. The Morgan fingerprint density at radius 1 is 1.75 bits per heavy atom. The SMILES string of the molecule is CCC(C)C(=O)c1cnc(C)s1. The van der Waals surface area contributed by atoms with Crippen LogP contribution in [0.4, 0.5) is 0 Å². The van der Waals surface area contributed by atoms with Crippen molar-refractivity contribution in [2.45, 2.75) is 27.2 Å². The highest BCUT2D eigenvalue weighted by atomic mass is 32.1. The van der Waals surface area contributed by atoms with Crippen molar-refractivity contribution in [2.75, 3.05) is 0 Å². The standard InChI is InChI=1S/C9H13NOS/c1-4-6(2)9(11)8-5-10-7(3)12-8/h5-6H,4H2,1-3H3. The lowest BCUT2D eigenvalue weighted by Gasteiger charge is -2.02. The van der Waals surface area contributed by atoms with Gasteiger partial charge in [0, 0.05) is 12.1 Å². The zero-order valence-electron chi connectivity index (χ0n) is 7.63. The van der Waals surface area contributed by atoms with Crippen LogP contribution in [-0.2, 0) is 0 Å². The van der Waals surface area contributed by atoms with E-state index in [1.54, 1.807) is 6.20 Å². The summed E-state index contributed by atoms with van der Waals surface area (Å²) in [5, 5.41) is 0.960. The summed E-state index contributed by atoms with van der Waals surface area (Å²) in [5.41, 5.74) is 0. The molecule has 0 saturated heterocycles. The van der Waals surface area contributed by atoms with E-state index in [4.69, 9.17) is 0 Å². The predicted molar refractivity (Wildman–Crippen MR) is 50.6 cm³/mol. The Balaban J connectivity index is 2.78. The van der Waals surface area contributed by atoms with Gasteiger partial charge in [0.15, 0.2) is 5.78 Å². The third-order valence-corrected chi connectivity index (χ3v) is 2.85. The quantitative estimate of drug-likeness (QED) is 0.674. The molecule has 0 N–H and O–H groups in total. The average Bonchev–Trinajstić information content (AvgIpc) is 2.49. The number of thiazole rings is 1. The van der Waals surface area contributed by atoms with Gasteiger partial charge in [0.2, 0.25) is 0 Å². The molecule has 0 fully saturated rings. The molecule has 0 radical (unpaired) electrons. The number of hydrogen-bond donors (Lipinski definition) is 0. The van der Waals surface area contributed by atoms with Gasteiger partial charge in [-0.15, -0.1) is 11.3 Å². The Bertz CT molecular complexity index is 280. The number of carbonyl (C=O) groups excluding carboxylic acids is 1. The van der Waals surface area contributed by atoms with E-state index in [9.17, 15) is 4.79 Å². The van der Waals surface area contributed by atoms with E-state index < -0.39 is 0 Å². The summed E-state index contributed by atoms with van der Waals surface area (Å²) in [6.45, 7) is 5.89. The Morgan fingerprint density at radius 2 is 2.42 bits per heavy atom. The summed E-state index contributed by atoms with van der Waals surface area (Å²) < 4.78 is 0. The average molecular weight is 183 g/mol. The fourth-order valence-electron chi connectivity index (χ4n) is 0.904. The normalized spacial score (nSPS) is 12.9. The van der Waals surface area contributed by atoms with E-state index >= 15 is 0 Å². The van der Waals surface area contributed by atoms with Gasteiger partial charge >= 0.3 is 0 Å². The number of Topliss-reactive ketones (excluding diaryl/α,β-unsaturated/α-hetero) is 1. The van der Waals surface area contributed by atoms with Crippen LogP contribution in [0.3, 0.4) is 0 Å². The number of ketones is 1. The molecule has 2 nitrogen and oxygen atoms in total. The van der Waals surface area contributed by atoms with Crippen LogP contribution in [0.15, 0.2) is 6.20 Å². The van der Waals surface area contributed by atoms with Gasteiger partial charge in [-0.1, -0.05) is 13.8 Å². The van der Waals surface area contributed by atoms with Crippen LogP contribution >= 0.6 is 11.3 Å². The largest absolute Gasteiger partial charge is 0.293 e. The minimum Gasteiger partial charge on any atom is -0.293 e. The van der Waals surface area contributed by atoms with Gasteiger partial charge in [0.1, 0.15) is 0 Å². The van der Waals surface area contributed by atoms with Crippen LogP contribution in [0.2, 0.25) is 0 Å². The zero-order chi connectivity index (χ0) is 9.14. The Hall–Kier alpha value is -0.700. The molecule has 0 aliphatic carbocycles. The number of hydrogen-bond acceptors (Lipinski definition) is 3. The molecule has 0 amide bonds. The van der Waals surface area contributed by atoms with Crippen molar-refractivity contribution < 1.29 is 4.79 Å². The molecule has 0 saturated carbocycles. The first kappa shape index (κ1) is 9.39. The monoisotopic (exact) mass is 183 g/mol. The van der Waals surface area contributed by atoms with Gasteiger partial charge in [-0.2, -0.15) is 0 Å². The Morgan fingerprint density at radius 3 is 2.83 bits per heavy atom. The zero-order valence-corrected chi connectivity index (χ0v) is 8.44. The lowest BCUT2D eigenvalue weighted by Crippen LogP contribution is -2.07. The van der Waals surface area contributed by atoms with Gasteiger partial charge in [0.25, 0.3) is 0 Å². The fraction of sp³-hybridized carbons (Fsp3) is 0.556. The highest BCUT2D eigenvalue weighted by Gasteiger charge is 2.14. The van der Waals surface area contributed by atoms with Crippen molar-refractivity contribution in [1.82, 2.24) is 4.98 Å². The molecule has 0 aliphatic heterocycles. The number of rotatable bonds is 3. The summed E-state index contributed by atoms with van der Waals surface area (Å²) in [7, 11) is 0. The van der Waals surface area contributed by atoms with Crippen LogP contribution in [-0.4, -0.2) is 10.8 Å². The maximum atomic E-state index is 11.6. The van der Waals surface area contributed by atoms with Crippen LogP contribution in [0.25, 0.3) is 0 Å². The first-order valence-corrected chi connectivity index (χ1v) is 4.93. The predicted octanol–water partition coefficient (Wildman–Crippen LogP) is 2.68. The smallest absolute Gasteiger partial charge is 0.177 e. The maximum Gasteiger partial charge on any atom is 0.177 e. The topological polar surface area (TPSA) is 30.0 Å². The van der Waals surface area contributed by atoms with Gasteiger partial charge < -0.3 is 0 Å². The van der Waals surface area contributed by atoms with E-state index in [1.807, 2.05) is 20.8 Å². The highest BCUT2D eigenvalue weighted by Crippen LogP contribution is 2.17. The number of carbonyl (C=O) groups is 1. The van der Waals surface area contributed by atoms with Crippen molar-refractivity contribution in [3.63, 3.8) is 0 Å². The maximum absolute atomic E-state index is 11.6. The molecule has 1 unspecified atom stereocenters. The van der Waals surface area contributed by atoms with Crippen molar-refractivity contribution in [1.29, 1.82) is 0 Å². The molecule has 0 aliphatic rings. The number of aryl methyl sites for hydroxylation is 1. The van der Waals surface area contributed by atoms with Crippen LogP contribution in [0, 0.1) is 12.8 Å². The van der Waals surface area contributed by atoms with Crippen LogP contribution in [0.1, 0.15) is 34.9 Å². The summed E-state index contributed by atoms with van der Waals surface area (Å²) in [6.07, 6.45) is 2.57. The van der Waals surface area contributed by atoms with Gasteiger partial charge in [-0.05, 0) is 13.3 Å². The van der Waals surface area contributed by atoms with Gasteiger partial charge in [-0.3, -0.25) is 4.79 Å². The fourth-order valence-corrected chi connectivity index (χ4v) is 1.73. The Labute approximate surface area is 76.6 Å². The van der Waals surface area contributed by atoms with E-state index in [0.29, 0.717) is 0 Å². The second-order valence-corrected chi connectivity index (χ2v) is 4.15. The Kier molecular flexibility index (Phi) is 2.98. The lowest BCUT2D eigenvalue weighted by atomic mass is 10.0. The van der Waals surface area contributed by atoms with Gasteiger partial charge in [0.05, 0.1) is 9.88 Å². The second-order valence-electron chi connectivity index (χ2n) is 2.92. The minimum atomic E-state index is 0.129. The minimum absolute atomic E-state index is 0.129. The molecule has 1 rings (SSSR count). The molecule has 1 aromatic rings. The molecule has 12 heavy (non-hydrogen) atoms. The molecular weight excluding hydrogens is 170 g/mol. The summed E-state index contributed by atoms with van der Waals surface area (Å²) >= 11 is 1.48. The molecular formula is C9H13NOS. The molecule has 1 aromatic heterocycles. The third-order valence-electron chi connectivity index (χ3n) is 1.92. The van der Waals surface area contributed by atoms with Crippen molar-refractivity contribution >= 4 is 17.1 Å². The third kappa shape index (κ3) is 1.91. The molecule has 0 spiro atoms. The molecule has 0 aromatic carbocycles. The van der Waals surface area contributed by atoms with Crippen LogP contribution < -0.4 is 0 Å². The van der Waals surface area contributed by atoms with E-state index in [0.717, 1.165) is 16.3 Å². The molecule has 66 valence electrons. The molecule has 0 bridgehead atoms.